The Balaban J connectivity index is 2.01. The third kappa shape index (κ3) is 1.85. The number of esters is 1. The molecular formula is C20H24O5. The highest BCUT2D eigenvalue weighted by Crippen LogP contribution is 2.65. The first-order valence-corrected chi connectivity index (χ1v) is 9.07. The molecule has 0 aromatic heterocycles. The van der Waals surface area contributed by atoms with Gasteiger partial charge in [-0.15, -0.1) is 0 Å². The van der Waals surface area contributed by atoms with Crippen molar-refractivity contribution in [2.45, 2.75) is 59.2 Å². The monoisotopic (exact) mass is 344 g/mol. The summed E-state index contributed by atoms with van der Waals surface area (Å²) in [6, 6.07) is 0. The lowest BCUT2D eigenvalue weighted by molar-refractivity contribution is -0.149. The molecule has 0 aromatic rings. The fraction of sp³-hybridized carbons (Fsp3) is 0.650. The van der Waals surface area contributed by atoms with Crippen LogP contribution in [0.1, 0.15) is 47.0 Å². The van der Waals surface area contributed by atoms with E-state index in [0.717, 1.165) is 12.8 Å². The molecule has 1 saturated carbocycles. The molecule has 1 aliphatic heterocycles. The topological polar surface area (TPSA) is 80.7 Å². The van der Waals surface area contributed by atoms with Crippen LogP contribution in [-0.2, 0) is 19.1 Å². The number of carbonyl (C=O) groups is 3. The normalized spacial score (nSPS) is 39.2. The number of aliphatic hydroxyl groups is 1. The van der Waals surface area contributed by atoms with Gasteiger partial charge < -0.3 is 9.84 Å². The largest absolute Gasteiger partial charge is 0.458 e. The molecular weight excluding hydrogens is 320 g/mol. The molecule has 1 heterocycles. The van der Waals surface area contributed by atoms with Crippen LogP contribution in [0.25, 0.3) is 0 Å². The second-order valence-corrected chi connectivity index (χ2v) is 8.85. The van der Waals surface area contributed by atoms with E-state index in [1.165, 1.54) is 0 Å². The lowest BCUT2D eigenvalue weighted by Crippen LogP contribution is -2.56. The van der Waals surface area contributed by atoms with Gasteiger partial charge in [0.2, 0.25) is 11.6 Å². The predicted molar refractivity (Wildman–Crippen MR) is 89.4 cm³/mol. The van der Waals surface area contributed by atoms with E-state index in [4.69, 9.17) is 4.74 Å². The van der Waals surface area contributed by atoms with Crippen molar-refractivity contribution in [3.8, 4) is 0 Å². The standard InChI is InChI=1S/C20H24O5/c1-9(2)10-8-11-12(15(23)13(10)21)20-7-5-6-19(3,4)17(20)16(14(11)22)25-18(20)24/h8-9,14,16-17,22H,5-7H2,1-4H3/t14-,16+,17-,20-/m0/s1. The minimum atomic E-state index is -1.08. The summed E-state index contributed by atoms with van der Waals surface area (Å²) >= 11 is 0. The first-order chi connectivity index (χ1) is 11.6. The van der Waals surface area contributed by atoms with Gasteiger partial charge in [-0.05, 0) is 35.8 Å². The number of carbonyl (C=O) groups excluding carboxylic acids is 3. The molecule has 25 heavy (non-hydrogen) atoms. The number of aliphatic hydroxyl groups excluding tert-OH is 1. The van der Waals surface area contributed by atoms with E-state index < -0.39 is 35.2 Å². The average molecular weight is 344 g/mol. The lowest BCUT2D eigenvalue weighted by atomic mass is 9.48. The molecule has 0 spiro atoms. The van der Waals surface area contributed by atoms with Crippen LogP contribution in [0.15, 0.2) is 22.8 Å². The Hall–Kier alpha value is -1.75. The lowest BCUT2D eigenvalue weighted by Gasteiger charge is -2.51. The third-order valence-electron chi connectivity index (χ3n) is 6.69. The Labute approximate surface area is 147 Å². The van der Waals surface area contributed by atoms with Gasteiger partial charge in [-0.1, -0.05) is 34.1 Å². The van der Waals surface area contributed by atoms with Crippen molar-refractivity contribution in [2.24, 2.45) is 22.7 Å². The highest BCUT2D eigenvalue weighted by atomic mass is 16.6. The summed E-state index contributed by atoms with van der Waals surface area (Å²) in [4.78, 5) is 38.6. The summed E-state index contributed by atoms with van der Waals surface area (Å²) in [6.07, 6.45) is 2.14. The fourth-order valence-corrected chi connectivity index (χ4v) is 5.66. The van der Waals surface area contributed by atoms with Crippen LogP contribution < -0.4 is 0 Å². The number of hydrogen-bond donors (Lipinski definition) is 1. The second kappa shape index (κ2) is 4.91. The van der Waals surface area contributed by atoms with Crippen molar-refractivity contribution in [1.82, 2.24) is 0 Å². The maximum absolute atomic E-state index is 13.0. The Morgan fingerprint density at radius 2 is 1.84 bits per heavy atom. The summed E-state index contributed by atoms with van der Waals surface area (Å²) in [7, 11) is 0. The number of Topliss-reactive ketones (excluding diaryl/α,β-unsaturated/α-hetero) is 2. The van der Waals surface area contributed by atoms with Crippen LogP contribution in [0, 0.1) is 22.7 Å². The molecule has 0 radical (unpaired) electrons. The SMILES string of the molecule is CC(C)C1=CC2=C(C(=O)C1=O)[C@@]13CCCC(C)(C)[C@@H]1[C@H](OC3=O)[C@H]2O. The van der Waals surface area contributed by atoms with E-state index in [2.05, 4.69) is 13.8 Å². The molecule has 1 saturated heterocycles. The van der Waals surface area contributed by atoms with Gasteiger partial charge in [0, 0.05) is 17.1 Å². The molecule has 2 fully saturated rings. The molecule has 4 atom stereocenters. The van der Waals surface area contributed by atoms with Gasteiger partial charge in [-0.2, -0.15) is 0 Å². The molecule has 5 nitrogen and oxygen atoms in total. The zero-order valence-electron chi connectivity index (χ0n) is 15.1. The minimum Gasteiger partial charge on any atom is -0.458 e. The van der Waals surface area contributed by atoms with Gasteiger partial charge in [-0.3, -0.25) is 14.4 Å². The van der Waals surface area contributed by atoms with Crippen LogP contribution in [0.4, 0.5) is 0 Å². The van der Waals surface area contributed by atoms with Crippen LogP contribution in [0.2, 0.25) is 0 Å². The van der Waals surface area contributed by atoms with E-state index >= 15 is 0 Å². The van der Waals surface area contributed by atoms with Crippen LogP contribution >= 0.6 is 0 Å². The number of hydrogen-bond acceptors (Lipinski definition) is 5. The van der Waals surface area contributed by atoms with Gasteiger partial charge in [0.05, 0.1) is 0 Å². The second-order valence-electron chi connectivity index (χ2n) is 8.85. The maximum Gasteiger partial charge on any atom is 0.317 e. The first-order valence-electron chi connectivity index (χ1n) is 9.07. The van der Waals surface area contributed by atoms with E-state index in [0.29, 0.717) is 17.6 Å². The van der Waals surface area contributed by atoms with Crippen LogP contribution in [0.5, 0.6) is 0 Å². The van der Waals surface area contributed by atoms with Crippen molar-refractivity contribution >= 4 is 17.5 Å². The van der Waals surface area contributed by atoms with Crippen LogP contribution in [0.3, 0.4) is 0 Å². The van der Waals surface area contributed by atoms with E-state index in [1.54, 1.807) is 6.08 Å². The Kier molecular flexibility index (Phi) is 3.28. The summed E-state index contributed by atoms with van der Waals surface area (Å²) in [5, 5.41) is 10.9. The Morgan fingerprint density at radius 3 is 2.48 bits per heavy atom. The summed E-state index contributed by atoms with van der Waals surface area (Å²) in [5.41, 5.74) is -0.282. The number of ketones is 2. The molecule has 134 valence electrons. The minimum absolute atomic E-state index is 0.120. The molecule has 4 aliphatic rings. The number of ether oxygens (including phenoxy) is 1. The zero-order chi connectivity index (χ0) is 18.3. The Bertz CT molecular complexity index is 769. The average Bonchev–Trinajstić information content (AvgIpc) is 2.79. The van der Waals surface area contributed by atoms with Gasteiger partial charge in [0.1, 0.15) is 17.6 Å². The molecule has 0 unspecified atom stereocenters. The Morgan fingerprint density at radius 1 is 1.16 bits per heavy atom. The quantitative estimate of drug-likeness (QED) is 0.448. The van der Waals surface area contributed by atoms with Gasteiger partial charge in [0.25, 0.3) is 0 Å². The highest BCUT2D eigenvalue weighted by Gasteiger charge is 2.71. The predicted octanol–water partition coefficient (Wildman–Crippen LogP) is 2.13. The fourth-order valence-electron chi connectivity index (χ4n) is 5.66. The van der Waals surface area contributed by atoms with Crippen molar-refractivity contribution < 1.29 is 24.2 Å². The van der Waals surface area contributed by atoms with Crippen molar-refractivity contribution in [2.75, 3.05) is 0 Å². The molecule has 1 N–H and O–H groups in total. The molecule has 5 heteroatoms. The van der Waals surface area contributed by atoms with E-state index in [9.17, 15) is 19.5 Å². The maximum atomic E-state index is 13.0. The summed E-state index contributed by atoms with van der Waals surface area (Å²) in [5.74, 6) is -2.01. The molecule has 0 amide bonds. The van der Waals surface area contributed by atoms with E-state index in [-0.39, 0.29) is 22.8 Å². The number of allylic oxidation sites excluding steroid dienone is 1. The molecule has 2 bridgehead atoms. The van der Waals surface area contributed by atoms with Gasteiger partial charge in [0.15, 0.2) is 0 Å². The number of rotatable bonds is 1. The van der Waals surface area contributed by atoms with Gasteiger partial charge in [-0.25, -0.2) is 0 Å². The smallest absolute Gasteiger partial charge is 0.317 e. The van der Waals surface area contributed by atoms with Crippen molar-refractivity contribution in [3.63, 3.8) is 0 Å². The summed E-state index contributed by atoms with van der Waals surface area (Å²) < 4.78 is 5.62. The molecule has 4 rings (SSSR count). The van der Waals surface area contributed by atoms with Crippen molar-refractivity contribution in [1.29, 1.82) is 0 Å². The van der Waals surface area contributed by atoms with E-state index in [1.807, 2.05) is 13.8 Å². The zero-order valence-corrected chi connectivity index (χ0v) is 15.1. The first kappa shape index (κ1) is 16.7. The molecule has 0 aromatic carbocycles. The van der Waals surface area contributed by atoms with Crippen LogP contribution in [-0.4, -0.2) is 34.9 Å². The summed E-state index contributed by atoms with van der Waals surface area (Å²) in [6.45, 7) is 7.81. The highest BCUT2D eigenvalue weighted by molar-refractivity contribution is 6.51. The third-order valence-corrected chi connectivity index (χ3v) is 6.69. The van der Waals surface area contributed by atoms with Gasteiger partial charge >= 0.3 is 5.97 Å². The molecule has 3 aliphatic carbocycles. The van der Waals surface area contributed by atoms with Crippen molar-refractivity contribution in [3.05, 3.63) is 22.8 Å².